The summed E-state index contributed by atoms with van der Waals surface area (Å²) in [5.41, 5.74) is 4.61. The average molecular weight is 457 g/mol. The van der Waals surface area contributed by atoms with E-state index in [2.05, 4.69) is 11.4 Å². The summed E-state index contributed by atoms with van der Waals surface area (Å²) in [7, 11) is -3.76. The van der Waals surface area contributed by atoms with Crippen LogP contribution >= 0.6 is 23.2 Å². The lowest BCUT2D eigenvalue weighted by molar-refractivity contribution is -0.122. The second-order valence-corrected chi connectivity index (χ2v) is 10.1. The number of nitrogens with zero attached hydrogens (tertiary/aromatic N) is 1. The van der Waals surface area contributed by atoms with Gasteiger partial charge in [-0.15, -0.1) is 0 Å². The number of amides is 1. The van der Waals surface area contributed by atoms with Crippen LogP contribution < -0.4 is 9.62 Å². The van der Waals surface area contributed by atoms with E-state index in [0.29, 0.717) is 0 Å². The van der Waals surface area contributed by atoms with Gasteiger partial charge in [0.2, 0.25) is 15.9 Å². The molecule has 0 fully saturated rings. The lowest BCUT2D eigenvalue weighted by atomic mass is 9.96. The first-order valence-corrected chi connectivity index (χ1v) is 11.7. The summed E-state index contributed by atoms with van der Waals surface area (Å²) in [6.45, 7) is 9.46. The molecule has 0 radical (unpaired) electrons. The van der Waals surface area contributed by atoms with Crippen molar-refractivity contribution in [1.82, 2.24) is 5.32 Å². The third kappa shape index (κ3) is 5.65. The fraction of sp³-hybridized carbons (Fsp3) is 0.381. The normalized spacial score (nSPS) is 13.7. The maximum absolute atomic E-state index is 12.9. The van der Waals surface area contributed by atoms with Crippen molar-refractivity contribution in [3.8, 4) is 0 Å². The molecule has 0 bridgehead atoms. The van der Waals surface area contributed by atoms with E-state index in [4.69, 9.17) is 23.2 Å². The average Bonchev–Trinajstić information content (AvgIpc) is 2.55. The lowest BCUT2D eigenvalue weighted by Crippen LogP contribution is -2.48. The molecule has 2 aromatic carbocycles. The Kier molecular flexibility index (Phi) is 7.25. The Hall–Kier alpha value is -1.76. The van der Waals surface area contributed by atoms with Gasteiger partial charge in [0.1, 0.15) is 6.04 Å². The van der Waals surface area contributed by atoms with Crippen molar-refractivity contribution in [2.75, 3.05) is 10.6 Å². The fourth-order valence-electron chi connectivity index (χ4n) is 3.34. The van der Waals surface area contributed by atoms with Crippen LogP contribution in [0.25, 0.3) is 0 Å². The topological polar surface area (TPSA) is 66.5 Å². The van der Waals surface area contributed by atoms with Gasteiger partial charge in [0.05, 0.1) is 18.0 Å². The summed E-state index contributed by atoms with van der Waals surface area (Å²) >= 11 is 12.1. The number of halogens is 2. The molecule has 0 saturated carbocycles. The van der Waals surface area contributed by atoms with Crippen molar-refractivity contribution in [3.63, 3.8) is 0 Å². The molecule has 0 aliphatic rings. The van der Waals surface area contributed by atoms with E-state index in [-0.39, 0.29) is 21.8 Å². The molecule has 2 rings (SSSR count). The Bertz CT molecular complexity index is 1020. The van der Waals surface area contributed by atoms with E-state index in [0.717, 1.165) is 27.3 Å². The van der Waals surface area contributed by atoms with E-state index in [1.54, 1.807) is 0 Å². The zero-order chi connectivity index (χ0) is 22.1. The number of rotatable bonds is 6. The summed E-state index contributed by atoms with van der Waals surface area (Å²) in [5, 5.41) is 3.49. The molecule has 8 heteroatoms. The first kappa shape index (κ1) is 23.5. The minimum atomic E-state index is -3.76. The van der Waals surface area contributed by atoms with E-state index >= 15 is 0 Å². The number of benzene rings is 2. The first-order chi connectivity index (χ1) is 13.3. The standard InChI is InChI=1S/C21H26Cl2N2O3S/c1-12-7-14(3)20(8-13(12)2)15(4)24-21(26)16(5)25(29(6,27)28)19-10-17(22)9-18(23)11-19/h7-11,15-16H,1-6H3,(H,24,26)/t15-,16+/m0/s1. The summed E-state index contributed by atoms with van der Waals surface area (Å²) < 4.78 is 25.9. The highest BCUT2D eigenvalue weighted by Crippen LogP contribution is 2.29. The molecule has 0 aliphatic carbocycles. The van der Waals surface area contributed by atoms with Crippen LogP contribution in [-0.4, -0.2) is 26.6 Å². The predicted octanol–water partition coefficient (Wildman–Crippen LogP) is 4.95. The van der Waals surface area contributed by atoms with Crippen molar-refractivity contribution in [1.29, 1.82) is 0 Å². The second kappa shape index (κ2) is 8.94. The summed E-state index contributed by atoms with van der Waals surface area (Å²) in [5.74, 6) is -0.420. The van der Waals surface area contributed by atoms with Crippen LogP contribution in [0.4, 0.5) is 5.69 Å². The zero-order valence-corrected chi connectivity index (χ0v) is 19.7. The highest BCUT2D eigenvalue weighted by molar-refractivity contribution is 7.92. The molecule has 29 heavy (non-hydrogen) atoms. The molecule has 5 nitrogen and oxygen atoms in total. The second-order valence-electron chi connectivity index (χ2n) is 7.39. The third-order valence-corrected chi connectivity index (χ3v) is 6.58. The number of aryl methyl sites for hydroxylation is 3. The number of hydrogen-bond donors (Lipinski definition) is 1. The number of carbonyl (C=O) groups is 1. The Morgan fingerprint density at radius 3 is 1.97 bits per heavy atom. The number of sulfonamides is 1. The SMILES string of the molecule is Cc1cc(C)c([C@H](C)NC(=O)[C@@H](C)N(c2cc(Cl)cc(Cl)c2)S(C)(=O)=O)cc1C. The van der Waals surface area contributed by atoms with Crippen LogP contribution in [0, 0.1) is 20.8 Å². The Labute approximate surface area is 183 Å². The minimum Gasteiger partial charge on any atom is -0.348 e. The molecule has 2 aromatic rings. The smallest absolute Gasteiger partial charge is 0.244 e. The van der Waals surface area contributed by atoms with Crippen LogP contribution in [0.15, 0.2) is 30.3 Å². The maximum Gasteiger partial charge on any atom is 0.244 e. The molecular weight excluding hydrogens is 431 g/mol. The summed E-state index contributed by atoms with van der Waals surface area (Å²) in [6, 6.07) is 7.29. The molecule has 158 valence electrons. The molecule has 0 aliphatic heterocycles. The zero-order valence-electron chi connectivity index (χ0n) is 17.4. The van der Waals surface area contributed by atoms with Gasteiger partial charge in [0.15, 0.2) is 0 Å². The van der Waals surface area contributed by atoms with Gasteiger partial charge in [-0.05, 0) is 75.1 Å². The molecule has 1 amide bonds. The lowest BCUT2D eigenvalue weighted by Gasteiger charge is -2.30. The van der Waals surface area contributed by atoms with E-state index < -0.39 is 22.0 Å². The molecule has 0 unspecified atom stereocenters. The van der Waals surface area contributed by atoms with E-state index in [9.17, 15) is 13.2 Å². The largest absolute Gasteiger partial charge is 0.348 e. The van der Waals surface area contributed by atoms with Gasteiger partial charge in [-0.25, -0.2) is 8.42 Å². The molecular formula is C21H26Cl2N2O3S. The minimum absolute atomic E-state index is 0.239. The molecule has 1 N–H and O–H groups in total. The van der Waals surface area contributed by atoms with Crippen molar-refractivity contribution in [2.45, 2.75) is 46.7 Å². The van der Waals surface area contributed by atoms with Gasteiger partial charge in [0.25, 0.3) is 0 Å². The maximum atomic E-state index is 12.9. The number of anilines is 1. The fourth-order valence-corrected chi connectivity index (χ4v) is 5.01. The van der Waals surface area contributed by atoms with Gasteiger partial charge in [-0.1, -0.05) is 35.3 Å². The third-order valence-electron chi connectivity index (χ3n) is 4.90. The molecule has 0 spiro atoms. The van der Waals surface area contributed by atoms with Gasteiger partial charge in [0, 0.05) is 10.0 Å². The quantitative estimate of drug-likeness (QED) is 0.668. The highest BCUT2D eigenvalue weighted by atomic mass is 35.5. The van der Waals surface area contributed by atoms with E-state index in [1.807, 2.05) is 33.8 Å². The Balaban J connectivity index is 2.33. The predicted molar refractivity (Wildman–Crippen MR) is 120 cm³/mol. The van der Waals surface area contributed by atoms with Gasteiger partial charge < -0.3 is 5.32 Å². The summed E-state index contributed by atoms with van der Waals surface area (Å²) in [6.07, 6.45) is 1.04. The number of hydrogen-bond acceptors (Lipinski definition) is 3. The van der Waals surface area contributed by atoms with Crippen LogP contribution in [0.1, 0.15) is 42.1 Å². The van der Waals surface area contributed by atoms with Crippen LogP contribution in [0.2, 0.25) is 10.0 Å². The van der Waals surface area contributed by atoms with Gasteiger partial charge in [-0.3, -0.25) is 9.10 Å². The van der Waals surface area contributed by atoms with Crippen LogP contribution in [0.3, 0.4) is 0 Å². The van der Waals surface area contributed by atoms with E-state index in [1.165, 1.54) is 30.7 Å². The summed E-state index contributed by atoms with van der Waals surface area (Å²) in [4.78, 5) is 12.9. The van der Waals surface area contributed by atoms with Crippen molar-refractivity contribution in [3.05, 3.63) is 62.6 Å². The number of carbonyl (C=O) groups excluding carboxylic acids is 1. The molecule has 0 heterocycles. The first-order valence-electron chi connectivity index (χ1n) is 9.15. The molecule has 2 atom stereocenters. The highest BCUT2D eigenvalue weighted by Gasteiger charge is 2.30. The van der Waals surface area contributed by atoms with Gasteiger partial charge >= 0.3 is 0 Å². The van der Waals surface area contributed by atoms with Crippen molar-refractivity contribution >= 4 is 44.8 Å². The monoisotopic (exact) mass is 456 g/mol. The molecule has 0 saturated heterocycles. The van der Waals surface area contributed by atoms with Crippen molar-refractivity contribution < 1.29 is 13.2 Å². The van der Waals surface area contributed by atoms with Gasteiger partial charge in [-0.2, -0.15) is 0 Å². The Morgan fingerprint density at radius 2 is 1.45 bits per heavy atom. The number of nitrogens with one attached hydrogen (secondary N) is 1. The van der Waals surface area contributed by atoms with Crippen LogP contribution in [-0.2, 0) is 14.8 Å². The molecule has 0 aromatic heterocycles. The van der Waals surface area contributed by atoms with Crippen molar-refractivity contribution in [2.24, 2.45) is 0 Å². The Morgan fingerprint density at radius 1 is 0.931 bits per heavy atom. The van der Waals surface area contributed by atoms with Crippen LogP contribution in [0.5, 0.6) is 0 Å².